The van der Waals surface area contributed by atoms with Crippen LogP contribution in [-0.4, -0.2) is 51.5 Å². The lowest BCUT2D eigenvalue weighted by molar-refractivity contribution is -0.201. The summed E-state index contributed by atoms with van der Waals surface area (Å²) in [6.07, 6.45) is 7.81. The van der Waals surface area contributed by atoms with Crippen molar-refractivity contribution in [2.45, 2.75) is 69.6 Å². The van der Waals surface area contributed by atoms with Gasteiger partial charge in [0.1, 0.15) is 10.4 Å². The summed E-state index contributed by atoms with van der Waals surface area (Å²) in [5, 5.41) is 8.48. The predicted molar refractivity (Wildman–Crippen MR) is 144 cm³/mol. The summed E-state index contributed by atoms with van der Waals surface area (Å²) >= 11 is 0. The van der Waals surface area contributed by atoms with E-state index in [9.17, 15) is 18.0 Å². The van der Waals surface area contributed by atoms with Crippen LogP contribution in [0.3, 0.4) is 0 Å². The van der Waals surface area contributed by atoms with Crippen molar-refractivity contribution >= 4 is 16.6 Å². The lowest BCUT2D eigenvalue weighted by atomic mass is 10.0. The molecule has 2 aromatic heterocycles. The number of benzene rings is 1. The normalized spacial score (nSPS) is 19.1. The molecular formula is C27H33N5O6S. The van der Waals surface area contributed by atoms with Gasteiger partial charge < -0.3 is 9.30 Å². The molecule has 1 saturated carbocycles. The van der Waals surface area contributed by atoms with Gasteiger partial charge in [-0.05, 0) is 62.1 Å². The van der Waals surface area contributed by atoms with Crippen LogP contribution in [0.2, 0.25) is 0 Å². The van der Waals surface area contributed by atoms with Gasteiger partial charge in [0.2, 0.25) is 0 Å². The van der Waals surface area contributed by atoms with Crippen LogP contribution >= 0.6 is 0 Å². The molecular weight excluding hydrogens is 522 g/mol. The lowest BCUT2D eigenvalue weighted by Gasteiger charge is -2.26. The Morgan fingerprint density at radius 1 is 1.13 bits per heavy atom. The van der Waals surface area contributed by atoms with Crippen molar-refractivity contribution in [3.63, 3.8) is 0 Å². The van der Waals surface area contributed by atoms with Gasteiger partial charge in [0.15, 0.2) is 17.0 Å². The molecule has 1 aromatic carbocycles. The largest absolute Gasteiger partial charge is 0.350 e. The van der Waals surface area contributed by atoms with E-state index in [4.69, 9.17) is 9.57 Å². The first-order chi connectivity index (χ1) is 18.8. The molecule has 2 atom stereocenters. The number of carbonyl (C=O) groups is 1. The molecule has 2 fully saturated rings. The van der Waals surface area contributed by atoms with Crippen LogP contribution in [0.15, 0.2) is 53.6 Å². The standard InChI is InChI=1S/C27H33N5O6S/c1-27(39(35)36,26(34)29-38-25-4-2-3-15-37-25)12-14-31-13-11-22(16-24(31)33)20-7-9-21(10-8-20)23-18-32(30-28-23)17-19-5-6-19/h7-11,13,16,18-19,25,39H,2-6,12,14-15,17H2,1H3,(H,29,34). The number of thiol groups is 1. The molecule has 208 valence electrons. The Balaban J connectivity index is 1.21. The van der Waals surface area contributed by atoms with E-state index in [0.29, 0.717) is 18.9 Å². The number of hydrogen-bond donors (Lipinski definition) is 2. The first-order valence-corrected chi connectivity index (χ1v) is 14.4. The maximum atomic E-state index is 12.8. The van der Waals surface area contributed by atoms with E-state index in [1.54, 1.807) is 12.3 Å². The van der Waals surface area contributed by atoms with E-state index in [-0.39, 0.29) is 18.5 Å². The molecule has 39 heavy (non-hydrogen) atoms. The summed E-state index contributed by atoms with van der Waals surface area (Å²) in [6, 6.07) is 11.0. The molecule has 1 aliphatic heterocycles. The van der Waals surface area contributed by atoms with Gasteiger partial charge in [0.05, 0.1) is 6.20 Å². The maximum absolute atomic E-state index is 12.8. The second kappa shape index (κ2) is 11.8. The molecule has 12 heteroatoms. The molecule has 1 amide bonds. The molecule has 0 radical (unpaired) electrons. The van der Waals surface area contributed by atoms with Crippen molar-refractivity contribution < 1.29 is 22.8 Å². The smallest absolute Gasteiger partial charge is 0.264 e. The number of hydrogen-bond acceptors (Lipinski definition) is 8. The fourth-order valence-electron chi connectivity index (χ4n) is 4.45. The number of aryl methyl sites for hydroxylation is 1. The number of pyridine rings is 1. The van der Waals surface area contributed by atoms with Gasteiger partial charge in [-0.25, -0.2) is 18.7 Å². The summed E-state index contributed by atoms with van der Waals surface area (Å²) in [5.74, 6) is -0.0709. The van der Waals surface area contributed by atoms with Crippen molar-refractivity contribution in [3.05, 3.63) is 59.1 Å². The molecule has 11 nitrogen and oxygen atoms in total. The summed E-state index contributed by atoms with van der Waals surface area (Å²) in [4.78, 5) is 30.8. The number of nitrogens with one attached hydrogen (secondary N) is 1. The van der Waals surface area contributed by atoms with Gasteiger partial charge >= 0.3 is 0 Å². The number of amides is 1. The SMILES string of the molecule is CC(CCn1ccc(-c2ccc(-c3cn(CC4CC4)nn3)cc2)cc1=O)(C(=O)NOC1CCCCO1)[SH](=O)=O. The van der Waals surface area contributed by atoms with E-state index < -0.39 is 27.6 Å². The number of hydroxylamine groups is 1. The van der Waals surface area contributed by atoms with Gasteiger partial charge in [-0.15, -0.1) is 5.10 Å². The van der Waals surface area contributed by atoms with Gasteiger partial charge in [-0.2, -0.15) is 0 Å². The topological polar surface area (TPSA) is 134 Å². The van der Waals surface area contributed by atoms with Crippen LogP contribution in [0.1, 0.15) is 45.4 Å². The number of rotatable bonds is 11. The van der Waals surface area contributed by atoms with Crippen LogP contribution in [0.4, 0.5) is 0 Å². The van der Waals surface area contributed by atoms with Crippen LogP contribution in [0.25, 0.3) is 22.4 Å². The zero-order valence-corrected chi connectivity index (χ0v) is 22.7. The van der Waals surface area contributed by atoms with Crippen LogP contribution in [0.5, 0.6) is 0 Å². The Kier molecular flexibility index (Phi) is 8.24. The van der Waals surface area contributed by atoms with Gasteiger partial charge in [0.25, 0.3) is 11.5 Å². The van der Waals surface area contributed by atoms with Crippen molar-refractivity contribution in [1.29, 1.82) is 0 Å². The van der Waals surface area contributed by atoms with Gasteiger partial charge in [-0.3, -0.25) is 14.3 Å². The number of nitrogens with zero attached hydrogens (tertiary/aromatic N) is 4. The van der Waals surface area contributed by atoms with Crippen LogP contribution < -0.4 is 11.0 Å². The van der Waals surface area contributed by atoms with E-state index in [1.165, 1.54) is 30.4 Å². The highest BCUT2D eigenvalue weighted by Gasteiger charge is 2.38. The second-order valence-electron chi connectivity index (χ2n) is 10.4. The van der Waals surface area contributed by atoms with E-state index in [1.807, 2.05) is 35.1 Å². The monoisotopic (exact) mass is 555 g/mol. The summed E-state index contributed by atoms with van der Waals surface area (Å²) in [5.41, 5.74) is 5.29. The fraction of sp³-hybridized carbons (Fsp3) is 0.481. The Hall–Kier alpha value is -3.35. The third-order valence-corrected chi connectivity index (χ3v) is 8.58. The number of aromatic nitrogens is 4. The van der Waals surface area contributed by atoms with Crippen molar-refractivity contribution in [2.24, 2.45) is 5.92 Å². The Morgan fingerprint density at radius 2 is 1.90 bits per heavy atom. The Morgan fingerprint density at radius 3 is 2.56 bits per heavy atom. The number of carbonyl (C=O) groups excluding carboxylic acids is 1. The summed E-state index contributed by atoms with van der Waals surface area (Å²) < 4.78 is 31.0. The highest BCUT2D eigenvalue weighted by Crippen LogP contribution is 2.31. The first kappa shape index (κ1) is 27.2. The minimum absolute atomic E-state index is 0.0434. The number of ether oxygens (including phenoxy) is 1. The molecule has 1 saturated heterocycles. The molecule has 5 rings (SSSR count). The second-order valence-corrected chi connectivity index (χ2v) is 11.9. The van der Waals surface area contributed by atoms with Crippen LogP contribution in [0, 0.1) is 5.92 Å². The molecule has 1 aliphatic carbocycles. The summed E-state index contributed by atoms with van der Waals surface area (Å²) in [6.45, 7) is 2.80. The molecule has 0 bridgehead atoms. The fourth-order valence-corrected chi connectivity index (χ4v) is 4.94. The maximum Gasteiger partial charge on any atom is 0.264 e. The third kappa shape index (κ3) is 6.63. The first-order valence-electron chi connectivity index (χ1n) is 13.3. The van der Waals surface area contributed by atoms with Gasteiger partial charge in [-0.1, -0.05) is 29.5 Å². The molecule has 2 aliphatic rings. The Bertz CT molecular complexity index is 1430. The molecule has 1 N–H and O–H groups in total. The Labute approximate surface area is 228 Å². The molecule has 3 heterocycles. The minimum Gasteiger partial charge on any atom is -0.350 e. The van der Waals surface area contributed by atoms with Crippen LogP contribution in [-0.2, 0) is 38.2 Å². The van der Waals surface area contributed by atoms with Crippen molar-refractivity contribution in [2.75, 3.05) is 6.61 Å². The average molecular weight is 556 g/mol. The summed E-state index contributed by atoms with van der Waals surface area (Å²) in [7, 11) is -3.14. The predicted octanol–water partition coefficient (Wildman–Crippen LogP) is 2.52. The highest BCUT2D eigenvalue weighted by molar-refractivity contribution is 7.75. The zero-order chi connectivity index (χ0) is 27.4. The molecule has 0 spiro atoms. The van der Waals surface area contributed by atoms with Crippen molar-refractivity contribution in [3.8, 4) is 22.4 Å². The van der Waals surface area contributed by atoms with Gasteiger partial charge in [0, 0.05) is 43.9 Å². The average Bonchev–Trinajstić information content (AvgIpc) is 3.65. The van der Waals surface area contributed by atoms with E-state index >= 15 is 0 Å². The quantitative estimate of drug-likeness (QED) is 0.272. The van der Waals surface area contributed by atoms with E-state index in [0.717, 1.165) is 41.8 Å². The van der Waals surface area contributed by atoms with Crippen molar-refractivity contribution in [1.82, 2.24) is 25.0 Å². The molecule has 2 unspecified atom stereocenters. The minimum atomic E-state index is -3.14. The zero-order valence-electron chi connectivity index (χ0n) is 21.8. The highest BCUT2D eigenvalue weighted by atomic mass is 32.2. The molecule has 3 aromatic rings. The third-order valence-electron chi connectivity index (χ3n) is 7.34. The lowest BCUT2D eigenvalue weighted by Crippen LogP contribution is -2.48. The van der Waals surface area contributed by atoms with E-state index in [2.05, 4.69) is 15.8 Å².